The van der Waals surface area contributed by atoms with Crippen molar-refractivity contribution in [2.45, 2.75) is 30.8 Å². The normalized spacial score (nSPS) is 16.9. The Bertz CT molecular complexity index is 1160. The minimum Gasteiger partial charge on any atom is -0.480 e. The summed E-state index contributed by atoms with van der Waals surface area (Å²) in [5, 5.41) is 13.5. The maximum atomic E-state index is 12.8. The Morgan fingerprint density at radius 1 is 1.21 bits per heavy atom. The number of nitrogens with zero attached hydrogens (tertiary/aromatic N) is 1. The third kappa shape index (κ3) is 3.81. The molecule has 1 aromatic carbocycles. The number of carboxylic acids is 1. The maximum Gasteiger partial charge on any atom is 0.322 e. The summed E-state index contributed by atoms with van der Waals surface area (Å²) in [7, 11) is -3.78. The number of hydrogen-bond donors (Lipinski definition) is 1. The fraction of sp³-hybridized carbons (Fsp3) is 0.190. The van der Waals surface area contributed by atoms with Crippen LogP contribution in [0.4, 0.5) is 0 Å². The molecule has 0 saturated carbocycles. The molecule has 1 aliphatic rings. The SMILES string of the molecule is CCC(C(=O)O)N1Cc2sc(-c3ccc(/C=C/c4ccsc4)cc3)cc2S1(=O)=O. The van der Waals surface area contributed by atoms with Crippen molar-refractivity contribution in [1.29, 1.82) is 0 Å². The van der Waals surface area contributed by atoms with Gasteiger partial charge in [-0.05, 0) is 46.0 Å². The summed E-state index contributed by atoms with van der Waals surface area (Å²) in [5.74, 6) is -1.11. The summed E-state index contributed by atoms with van der Waals surface area (Å²) in [6.45, 7) is 1.80. The molecular weight excluding hydrogens is 426 g/mol. The number of carboxylic acid groups (broad SMARTS) is 1. The Morgan fingerprint density at radius 2 is 1.93 bits per heavy atom. The van der Waals surface area contributed by atoms with Gasteiger partial charge in [0, 0.05) is 9.75 Å². The van der Waals surface area contributed by atoms with Gasteiger partial charge >= 0.3 is 5.97 Å². The quantitative estimate of drug-likeness (QED) is 0.578. The lowest BCUT2D eigenvalue weighted by Gasteiger charge is -2.21. The number of hydrogen-bond acceptors (Lipinski definition) is 5. The van der Waals surface area contributed by atoms with Crippen LogP contribution in [0, 0.1) is 0 Å². The van der Waals surface area contributed by atoms with E-state index in [0.717, 1.165) is 25.9 Å². The van der Waals surface area contributed by atoms with Crippen molar-refractivity contribution < 1.29 is 18.3 Å². The first-order chi connectivity index (χ1) is 13.9. The van der Waals surface area contributed by atoms with Crippen LogP contribution in [0.5, 0.6) is 0 Å². The first-order valence-corrected chi connectivity index (χ1v) is 12.3. The van der Waals surface area contributed by atoms with Crippen LogP contribution >= 0.6 is 22.7 Å². The van der Waals surface area contributed by atoms with E-state index in [4.69, 9.17) is 0 Å². The summed E-state index contributed by atoms with van der Waals surface area (Å²) in [6, 6.07) is 10.6. The second kappa shape index (κ2) is 7.87. The highest BCUT2D eigenvalue weighted by atomic mass is 32.2. The molecule has 0 radical (unpaired) electrons. The van der Waals surface area contributed by atoms with Crippen LogP contribution in [-0.4, -0.2) is 29.8 Å². The van der Waals surface area contributed by atoms with Gasteiger partial charge in [-0.15, -0.1) is 11.3 Å². The molecule has 0 fully saturated rings. The van der Waals surface area contributed by atoms with Gasteiger partial charge in [-0.1, -0.05) is 43.3 Å². The number of rotatable bonds is 6. The van der Waals surface area contributed by atoms with E-state index in [0.29, 0.717) is 4.88 Å². The van der Waals surface area contributed by atoms with Crippen molar-refractivity contribution in [3.05, 3.63) is 63.2 Å². The number of thiophene rings is 2. The summed E-state index contributed by atoms with van der Waals surface area (Å²) in [6.07, 6.45) is 4.33. The van der Waals surface area contributed by atoms with Gasteiger partial charge in [0.05, 0.1) is 11.4 Å². The molecule has 1 unspecified atom stereocenters. The predicted molar refractivity (Wildman–Crippen MR) is 117 cm³/mol. The van der Waals surface area contributed by atoms with Crippen molar-refractivity contribution >= 4 is 50.8 Å². The van der Waals surface area contributed by atoms with E-state index in [9.17, 15) is 18.3 Å². The smallest absolute Gasteiger partial charge is 0.322 e. The molecule has 0 saturated heterocycles. The summed E-state index contributed by atoms with van der Waals surface area (Å²) < 4.78 is 26.8. The first kappa shape index (κ1) is 20.0. The van der Waals surface area contributed by atoms with Crippen LogP contribution in [0.15, 0.2) is 52.1 Å². The average Bonchev–Trinajstić information content (AvgIpc) is 3.40. The first-order valence-electron chi connectivity index (χ1n) is 9.08. The fourth-order valence-corrected chi connectivity index (χ4v) is 7.37. The third-order valence-electron chi connectivity index (χ3n) is 4.88. The number of aliphatic carboxylic acids is 1. The third-order valence-corrected chi connectivity index (χ3v) is 8.80. The Balaban J connectivity index is 1.57. The molecule has 3 aromatic rings. The second-order valence-electron chi connectivity index (χ2n) is 6.72. The Kier molecular flexibility index (Phi) is 5.44. The molecule has 150 valence electrons. The molecule has 0 amide bonds. The van der Waals surface area contributed by atoms with Gasteiger partial charge in [-0.3, -0.25) is 4.79 Å². The van der Waals surface area contributed by atoms with E-state index >= 15 is 0 Å². The molecule has 0 bridgehead atoms. The van der Waals surface area contributed by atoms with Gasteiger partial charge in [0.2, 0.25) is 10.0 Å². The zero-order valence-corrected chi connectivity index (χ0v) is 18.1. The summed E-state index contributed by atoms with van der Waals surface area (Å²) in [5.41, 5.74) is 3.18. The van der Waals surface area contributed by atoms with Crippen molar-refractivity contribution in [2.24, 2.45) is 0 Å². The largest absolute Gasteiger partial charge is 0.480 e. The topological polar surface area (TPSA) is 74.7 Å². The highest BCUT2D eigenvalue weighted by Gasteiger charge is 2.42. The lowest BCUT2D eigenvalue weighted by atomic mass is 10.1. The molecular formula is C21H19NO4S3. The molecule has 29 heavy (non-hydrogen) atoms. The van der Waals surface area contributed by atoms with Crippen LogP contribution in [-0.2, 0) is 21.4 Å². The fourth-order valence-electron chi connectivity index (χ4n) is 3.34. The highest BCUT2D eigenvalue weighted by Crippen LogP contribution is 2.42. The van der Waals surface area contributed by atoms with Gasteiger partial charge < -0.3 is 5.11 Å². The zero-order valence-electron chi connectivity index (χ0n) is 15.6. The molecule has 3 heterocycles. The van der Waals surface area contributed by atoms with E-state index in [1.807, 2.05) is 35.7 Å². The van der Waals surface area contributed by atoms with Crippen molar-refractivity contribution in [1.82, 2.24) is 4.31 Å². The number of carbonyl (C=O) groups is 1. The van der Waals surface area contributed by atoms with Gasteiger partial charge in [0.1, 0.15) is 6.04 Å². The van der Waals surface area contributed by atoms with Crippen LogP contribution in [0.2, 0.25) is 0 Å². The molecule has 0 aliphatic carbocycles. The molecule has 1 atom stereocenters. The average molecular weight is 446 g/mol. The maximum absolute atomic E-state index is 12.8. The van der Waals surface area contributed by atoms with Gasteiger partial charge in [0.15, 0.2) is 0 Å². The number of sulfonamides is 1. The van der Waals surface area contributed by atoms with E-state index in [2.05, 4.69) is 17.5 Å². The molecule has 8 heteroatoms. The zero-order chi connectivity index (χ0) is 20.6. The van der Waals surface area contributed by atoms with Crippen LogP contribution < -0.4 is 0 Å². The van der Waals surface area contributed by atoms with Crippen molar-refractivity contribution in [3.8, 4) is 10.4 Å². The molecule has 0 spiro atoms. The number of benzene rings is 1. The molecule has 2 aromatic heterocycles. The minimum atomic E-state index is -3.78. The Morgan fingerprint density at radius 3 is 2.52 bits per heavy atom. The Labute approximate surface area is 177 Å². The summed E-state index contributed by atoms with van der Waals surface area (Å²) >= 11 is 3.06. The van der Waals surface area contributed by atoms with Crippen molar-refractivity contribution in [3.63, 3.8) is 0 Å². The van der Waals surface area contributed by atoms with Crippen LogP contribution in [0.25, 0.3) is 22.6 Å². The lowest BCUT2D eigenvalue weighted by Crippen LogP contribution is -2.40. The van der Waals surface area contributed by atoms with Crippen LogP contribution in [0.3, 0.4) is 0 Å². The molecule has 4 rings (SSSR count). The predicted octanol–water partition coefficient (Wildman–Crippen LogP) is 5.01. The van der Waals surface area contributed by atoms with Crippen LogP contribution in [0.1, 0.15) is 29.3 Å². The monoisotopic (exact) mass is 445 g/mol. The van der Waals surface area contributed by atoms with Gasteiger partial charge in [0.25, 0.3) is 0 Å². The highest BCUT2D eigenvalue weighted by molar-refractivity contribution is 7.89. The van der Waals surface area contributed by atoms with E-state index in [-0.39, 0.29) is 17.9 Å². The van der Waals surface area contributed by atoms with Gasteiger partial charge in [-0.25, -0.2) is 8.42 Å². The van der Waals surface area contributed by atoms with E-state index in [1.165, 1.54) is 11.3 Å². The van der Waals surface area contributed by atoms with E-state index in [1.54, 1.807) is 24.3 Å². The second-order valence-corrected chi connectivity index (χ2v) is 10.5. The summed E-state index contributed by atoms with van der Waals surface area (Å²) in [4.78, 5) is 13.2. The molecule has 1 N–H and O–H groups in total. The molecule has 5 nitrogen and oxygen atoms in total. The lowest BCUT2D eigenvalue weighted by molar-refractivity contribution is -0.141. The molecule has 1 aliphatic heterocycles. The number of fused-ring (bicyclic) bond motifs is 1. The van der Waals surface area contributed by atoms with Gasteiger partial charge in [-0.2, -0.15) is 15.6 Å². The standard InChI is InChI=1S/C21H19NO4S3/c1-2-17(21(23)24)22-12-19-20(29(22,25)26)11-18(28-19)16-7-5-14(6-8-16)3-4-15-9-10-27-13-15/h3-11,13,17H,2,12H2,1H3,(H,23,24)/b4-3+. The minimum absolute atomic E-state index is 0.120. The Hall–Kier alpha value is -2.26. The van der Waals surface area contributed by atoms with E-state index < -0.39 is 22.0 Å². The van der Waals surface area contributed by atoms with Crippen molar-refractivity contribution in [2.75, 3.05) is 0 Å².